The summed E-state index contributed by atoms with van der Waals surface area (Å²) in [6, 6.07) is 11.5. The lowest BCUT2D eigenvalue weighted by Crippen LogP contribution is -2.27. The molecule has 7 nitrogen and oxygen atoms in total. The van der Waals surface area contributed by atoms with Gasteiger partial charge in [0.15, 0.2) is 0 Å². The molecule has 3 heterocycles. The average molecular weight is 374 g/mol. The number of benzene rings is 1. The molecule has 0 radical (unpaired) electrons. The van der Waals surface area contributed by atoms with Crippen LogP contribution in [0.25, 0.3) is 22.2 Å². The van der Waals surface area contributed by atoms with Crippen LogP contribution in [0.2, 0.25) is 0 Å². The number of hydrogen-bond donors (Lipinski definition) is 0. The zero-order valence-electron chi connectivity index (χ0n) is 16.2. The minimum Gasteiger partial charge on any atom is -0.336 e. The normalized spacial score (nSPS) is 11.1. The van der Waals surface area contributed by atoms with Crippen molar-refractivity contribution in [3.8, 4) is 11.3 Å². The fourth-order valence-electron chi connectivity index (χ4n) is 3.35. The van der Waals surface area contributed by atoms with Crippen LogP contribution in [0.4, 0.5) is 0 Å². The molecule has 28 heavy (non-hydrogen) atoms. The van der Waals surface area contributed by atoms with Gasteiger partial charge < -0.3 is 4.90 Å². The van der Waals surface area contributed by atoms with Crippen LogP contribution in [0.15, 0.2) is 55.0 Å². The number of amides is 1. The van der Waals surface area contributed by atoms with Crippen LogP contribution >= 0.6 is 0 Å². The molecule has 1 aromatic carbocycles. The standard InChI is InChI=1S/C21H22N6O/c1-4-27-16(9-10-22-27)14-25(2)21(28)18-11-20(15-12-23-26(3)13-15)24-19-8-6-5-7-17(18)19/h5-13H,4,14H2,1-3H3. The highest BCUT2D eigenvalue weighted by Gasteiger charge is 2.19. The minimum absolute atomic E-state index is 0.0485. The Morgan fingerprint density at radius 1 is 1.18 bits per heavy atom. The number of carbonyl (C=O) groups excluding carboxylic acids is 1. The molecule has 0 fully saturated rings. The van der Waals surface area contributed by atoms with Gasteiger partial charge in [0.2, 0.25) is 0 Å². The second kappa shape index (κ2) is 7.26. The third-order valence-electron chi connectivity index (χ3n) is 4.80. The van der Waals surface area contributed by atoms with Gasteiger partial charge in [-0.2, -0.15) is 10.2 Å². The molecule has 0 aliphatic heterocycles. The maximum absolute atomic E-state index is 13.3. The van der Waals surface area contributed by atoms with Gasteiger partial charge in [-0.1, -0.05) is 18.2 Å². The van der Waals surface area contributed by atoms with Crippen molar-refractivity contribution in [3.63, 3.8) is 0 Å². The summed E-state index contributed by atoms with van der Waals surface area (Å²) in [6.07, 6.45) is 5.42. The van der Waals surface area contributed by atoms with Gasteiger partial charge in [0.1, 0.15) is 0 Å². The molecule has 0 aliphatic carbocycles. The van der Waals surface area contributed by atoms with Crippen molar-refractivity contribution in [2.24, 2.45) is 7.05 Å². The topological polar surface area (TPSA) is 68.8 Å². The molecule has 0 saturated heterocycles. The molecule has 4 aromatic rings. The number of pyridine rings is 1. The first kappa shape index (κ1) is 17.9. The summed E-state index contributed by atoms with van der Waals surface area (Å²) in [7, 11) is 3.68. The van der Waals surface area contributed by atoms with E-state index in [9.17, 15) is 4.79 Å². The molecule has 1 amide bonds. The summed E-state index contributed by atoms with van der Waals surface area (Å²) in [5.41, 5.74) is 4.05. The van der Waals surface area contributed by atoms with Crippen LogP contribution in [-0.2, 0) is 20.1 Å². The molecule has 0 spiro atoms. The van der Waals surface area contributed by atoms with Crippen molar-refractivity contribution in [1.82, 2.24) is 29.4 Å². The van der Waals surface area contributed by atoms with Crippen molar-refractivity contribution in [2.45, 2.75) is 20.0 Å². The SMILES string of the molecule is CCn1nccc1CN(C)C(=O)c1cc(-c2cnn(C)c2)nc2ccccc12. The van der Waals surface area contributed by atoms with Crippen molar-refractivity contribution in [3.05, 3.63) is 66.2 Å². The van der Waals surface area contributed by atoms with Crippen molar-refractivity contribution in [1.29, 1.82) is 0 Å². The number of fused-ring (bicyclic) bond motifs is 1. The molecule has 0 unspecified atom stereocenters. The number of hydrogen-bond acceptors (Lipinski definition) is 4. The number of rotatable bonds is 5. The molecular weight excluding hydrogens is 352 g/mol. The van der Waals surface area contributed by atoms with Crippen molar-refractivity contribution in [2.75, 3.05) is 7.05 Å². The van der Waals surface area contributed by atoms with Crippen molar-refractivity contribution >= 4 is 16.8 Å². The summed E-state index contributed by atoms with van der Waals surface area (Å²) in [5.74, 6) is -0.0485. The Kier molecular flexibility index (Phi) is 4.65. The van der Waals surface area contributed by atoms with Gasteiger partial charge in [-0.25, -0.2) is 4.98 Å². The van der Waals surface area contributed by atoms with E-state index < -0.39 is 0 Å². The van der Waals surface area contributed by atoms with Crippen LogP contribution < -0.4 is 0 Å². The first-order valence-electron chi connectivity index (χ1n) is 9.21. The summed E-state index contributed by atoms with van der Waals surface area (Å²) in [4.78, 5) is 19.8. The van der Waals surface area contributed by atoms with E-state index in [1.54, 1.807) is 22.0 Å². The summed E-state index contributed by atoms with van der Waals surface area (Å²) in [6.45, 7) is 3.30. The van der Waals surface area contributed by atoms with Crippen LogP contribution in [0, 0.1) is 0 Å². The van der Waals surface area contributed by atoms with Crippen LogP contribution in [-0.4, -0.2) is 42.4 Å². The Morgan fingerprint density at radius 3 is 2.75 bits per heavy atom. The molecule has 0 atom stereocenters. The third-order valence-corrected chi connectivity index (χ3v) is 4.80. The molecule has 3 aromatic heterocycles. The Balaban J connectivity index is 1.75. The average Bonchev–Trinajstić information content (AvgIpc) is 3.35. The summed E-state index contributed by atoms with van der Waals surface area (Å²) in [5, 5.41) is 9.35. The molecule has 7 heteroatoms. The number of carbonyl (C=O) groups is 1. The van der Waals surface area contributed by atoms with Crippen molar-refractivity contribution < 1.29 is 4.79 Å². The zero-order valence-corrected chi connectivity index (χ0v) is 16.2. The highest BCUT2D eigenvalue weighted by molar-refractivity contribution is 6.07. The fourth-order valence-corrected chi connectivity index (χ4v) is 3.35. The van der Waals surface area contributed by atoms with E-state index in [2.05, 4.69) is 10.2 Å². The smallest absolute Gasteiger partial charge is 0.254 e. The minimum atomic E-state index is -0.0485. The Hall–Kier alpha value is -3.48. The summed E-state index contributed by atoms with van der Waals surface area (Å²) < 4.78 is 3.63. The van der Waals surface area contributed by atoms with E-state index in [0.29, 0.717) is 12.1 Å². The van der Waals surface area contributed by atoms with Crippen LogP contribution in [0.1, 0.15) is 23.0 Å². The van der Waals surface area contributed by atoms with E-state index in [1.165, 1.54) is 0 Å². The number of para-hydroxylation sites is 1. The zero-order chi connectivity index (χ0) is 19.7. The third kappa shape index (κ3) is 3.26. The monoisotopic (exact) mass is 374 g/mol. The summed E-state index contributed by atoms with van der Waals surface area (Å²) >= 11 is 0. The number of aryl methyl sites for hydroxylation is 2. The van der Waals surface area contributed by atoms with E-state index in [-0.39, 0.29) is 5.91 Å². The first-order chi connectivity index (χ1) is 13.6. The van der Waals surface area contributed by atoms with E-state index in [0.717, 1.165) is 34.4 Å². The fraction of sp³-hybridized carbons (Fsp3) is 0.238. The Morgan fingerprint density at radius 2 is 2.00 bits per heavy atom. The molecule has 0 aliphatic rings. The Labute approximate surface area is 163 Å². The van der Waals surface area contributed by atoms with Crippen LogP contribution in [0.5, 0.6) is 0 Å². The maximum atomic E-state index is 13.3. The highest BCUT2D eigenvalue weighted by atomic mass is 16.2. The van der Waals surface area contributed by atoms with Gasteiger partial charge in [-0.15, -0.1) is 0 Å². The quantitative estimate of drug-likeness (QED) is 0.538. The molecular formula is C21H22N6O. The first-order valence-corrected chi connectivity index (χ1v) is 9.21. The lowest BCUT2D eigenvalue weighted by atomic mass is 10.0. The van der Waals surface area contributed by atoms with Gasteiger partial charge >= 0.3 is 0 Å². The highest BCUT2D eigenvalue weighted by Crippen LogP contribution is 2.25. The lowest BCUT2D eigenvalue weighted by molar-refractivity contribution is 0.0783. The molecule has 4 rings (SSSR count). The lowest BCUT2D eigenvalue weighted by Gasteiger charge is -2.19. The molecule has 142 valence electrons. The Bertz CT molecular complexity index is 1140. The molecule has 0 N–H and O–H groups in total. The predicted octanol–water partition coefficient (Wildman–Crippen LogP) is 3.12. The van der Waals surface area contributed by atoms with Gasteiger partial charge in [-0.3, -0.25) is 14.2 Å². The number of aromatic nitrogens is 5. The molecule has 0 bridgehead atoms. The van der Waals surface area contributed by atoms with Gasteiger partial charge in [0.05, 0.1) is 35.2 Å². The van der Waals surface area contributed by atoms with E-state index >= 15 is 0 Å². The second-order valence-electron chi connectivity index (χ2n) is 6.77. The van der Waals surface area contributed by atoms with E-state index in [1.807, 2.05) is 68.3 Å². The maximum Gasteiger partial charge on any atom is 0.254 e. The van der Waals surface area contributed by atoms with Gasteiger partial charge in [0, 0.05) is 44.0 Å². The number of nitrogens with zero attached hydrogens (tertiary/aromatic N) is 6. The van der Waals surface area contributed by atoms with Crippen LogP contribution in [0.3, 0.4) is 0 Å². The molecule has 0 saturated carbocycles. The van der Waals surface area contributed by atoms with Gasteiger partial charge in [0.25, 0.3) is 5.91 Å². The largest absolute Gasteiger partial charge is 0.336 e. The van der Waals surface area contributed by atoms with E-state index in [4.69, 9.17) is 4.98 Å². The van der Waals surface area contributed by atoms with Gasteiger partial charge in [-0.05, 0) is 25.1 Å². The second-order valence-corrected chi connectivity index (χ2v) is 6.77. The predicted molar refractivity (Wildman–Crippen MR) is 108 cm³/mol.